The summed E-state index contributed by atoms with van der Waals surface area (Å²) >= 11 is 0. The molecule has 1 unspecified atom stereocenters. The lowest BCUT2D eigenvalue weighted by molar-refractivity contribution is -0.121. The first-order chi connectivity index (χ1) is 5.83. The summed E-state index contributed by atoms with van der Waals surface area (Å²) in [6.07, 6.45) is 9.43. The number of unbranched alkanes of at least 4 members (excludes halogenated alkanes) is 2. The first-order valence-electron chi connectivity index (χ1n) is 5.34. The number of carbonyl (C=O) groups excluding carboxylic acids is 1. The molecule has 0 bridgehead atoms. The second-order valence-corrected chi connectivity index (χ2v) is 4.00. The van der Waals surface area contributed by atoms with Gasteiger partial charge in [0.2, 0.25) is 0 Å². The molecule has 1 heteroatoms. The van der Waals surface area contributed by atoms with Crippen molar-refractivity contribution in [2.24, 2.45) is 5.92 Å². The second-order valence-electron chi connectivity index (χ2n) is 4.00. The zero-order valence-electron chi connectivity index (χ0n) is 8.14. The van der Waals surface area contributed by atoms with E-state index in [0.717, 1.165) is 25.2 Å². The molecule has 1 fully saturated rings. The third-order valence-corrected chi connectivity index (χ3v) is 2.80. The molecule has 1 aliphatic rings. The fraction of sp³-hybridized carbons (Fsp3) is 0.909. The van der Waals surface area contributed by atoms with Gasteiger partial charge in [0.15, 0.2) is 0 Å². The second kappa shape index (κ2) is 5.34. The summed E-state index contributed by atoms with van der Waals surface area (Å²) in [4.78, 5) is 11.1. The van der Waals surface area contributed by atoms with Gasteiger partial charge in [-0.15, -0.1) is 0 Å². The molecule has 0 aromatic carbocycles. The fourth-order valence-corrected chi connectivity index (χ4v) is 2.04. The van der Waals surface area contributed by atoms with Crippen LogP contribution in [0.3, 0.4) is 0 Å². The van der Waals surface area contributed by atoms with Crippen LogP contribution < -0.4 is 0 Å². The van der Waals surface area contributed by atoms with E-state index in [1.54, 1.807) is 0 Å². The molecule has 0 saturated heterocycles. The van der Waals surface area contributed by atoms with Gasteiger partial charge in [0.25, 0.3) is 0 Å². The van der Waals surface area contributed by atoms with Crippen molar-refractivity contribution in [2.45, 2.75) is 58.3 Å². The summed E-state index contributed by atoms with van der Waals surface area (Å²) in [7, 11) is 0. The van der Waals surface area contributed by atoms with Crippen LogP contribution in [0.2, 0.25) is 0 Å². The molecule has 0 spiro atoms. The highest BCUT2D eigenvalue weighted by Crippen LogP contribution is 2.25. The van der Waals surface area contributed by atoms with Crippen LogP contribution >= 0.6 is 0 Å². The lowest BCUT2D eigenvalue weighted by atomic mass is 9.85. The normalized spacial score (nSPS) is 24.4. The Morgan fingerprint density at radius 3 is 2.92 bits per heavy atom. The number of carbonyl (C=O) groups is 1. The van der Waals surface area contributed by atoms with Crippen molar-refractivity contribution in [2.75, 3.05) is 0 Å². The molecule has 0 aliphatic heterocycles. The van der Waals surface area contributed by atoms with Crippen LogP contribution in [0, 0.1) is 5.92 Å². The van der Waals surface area contributed by atoms with Crippen LogP contribution in [0.25, 0.3) is 0 Å². The smallest absolute Gasteiger partial charge is 0.133 e. The zero-order valence-corrected chi connectivity index (χ0v) is 8.14. The summed E-state index contributed by atoms with van der Waals surface area (Å²) in [6.45, 7) is 2.23. The molecule has 1 saturated carbocycles. The highest BCUT2D eigenvalue weighted by molar-refractivity contribution is 5.79. The molecule has 0 aromatic rings. The molecule has 1 aliphatic carbocycles. The van der Waals surface area contributed by atoms with Gasteiger partial charge in [-0.3, -0.25) is 4.79 Å². The van der Waals surface area contributed by atoms with Crippen LogP contribution in [0.5, 0.6) is 0 Å². The maximum Gasteiger partial charge on any atom is 0.133 e. The Labute approximate surface area is 75.5 Å². The lowest BCUT2D eigenvalue weighted by Gasteiger charge is -2.20. The van der Waals surface area contributed by atoms with Gasteiger partial charge in [0.05, 0.1) is 0 Å². The van der Waals surface area contributed by atoms with Crippen molar-refractivity contribution >= 4 is 5.78 Å². The number of ketones is 1. The Morgan fingerprint density at radius 2 is 2.25 bits per heavy atom. The average molecular weight is 168 g/mol. The Bertz CT molecular complexity index is 140. The van der Waals surface area contributed by atoms with Crippen molar-refractivity contribution in [1.82, 2.24) is 0 Å². The maximum absolute atomic E-state index is 11.1. The highest BCUT2D eigenvalue weighted by atomic mass is 16.1. The molecular weight excluding hydrogens is 148 g/mol. The van der Waals surface area contributed by atoms with Gasteiger partial charge in [0, 0.05) is 12.8 Å². The summed E-state index contributed by atoms with van der Waals surface area (Å²) < 4.78 is 0. The summed E-state index contributed by atoms with van der Waals surface area (Å²) in [5, 5.41) is 0. The fourth-order valence-electron chi connectivity index (χ4n) is 2.04. The summed E-state index contributed by atoms with van der Waals surface area (Å²) in [5.41, 5.74) is 0. The van der Waals surface area contributed by atoms with Crippen molar-refractivity contribution < 1.29 is 4.79 Å². The number of Topliss-reactive ketones (excluding diaryl/α,β-unsaturated/α-hetero) is 1. The maximum atomic E-state index is 11.1. The molecule has 1 rings (SSSR count). The topological polar surface area (TPSA) is 17.1 Å². The standard InChI is InChI=1S/C11H20O/c1-2-3-4-6-10-7-5-8-11(12)9-10/h10H,2-9H2,1H3. The van der Waals surface area contributed by atoms with E-state index < -0.39 is 0 Å². The highest BCUT2D eigenvalue weighted by Gasteiger charge is 2.18. The van der Waals surface area contributed by atoms with Crippen molar-refractivity contribution in [1.29, 1.82) is 0 Å². The van der Waals surface area contributed by atoms with Crippen LogP contribution in [0.4, 0.5) is 0 Å². The predicted molar refractivity (Wildman–Crippen MR) is 51.1 cm³/mol. The molecule has 0 radical (unpaired) electrons. The van der Waals surface area contributed by atoms with E-state index >= 15 is 0 Å². The minimum absolute atomic E-state index is 0.503. The van der Waals surface area contributed by atoms with Gasteiger partial charge < -0.3 is 0 Å². The SMILES string of the molecule is CCCCCC1CCCC(=O)C1. The molecule has 0 heterocycles. The Hall–Kier alpha value is -0.330. The van der Waals surface area contributed by atoms with E-state index in [1.165, 1.54) is 32.1 Å². The Morgan fingerprint density at radius 1 is 1.42 bits per heavy atom. The van der Waals surface area contributed by atoms with E-state index in [9.17, 15) is 4.79 Å². The van der Waals surface area contributed by atoms with E-state index in [0.29, 0.717) is 5.78 Å². The monoisotopic (exact) mass is 168 g/mol. The van der Waals surface area contributed by atoms with Crippen LogP contribution in [-0.2, 0) is 4.79 Å². The van der Waals surface area contributed by atoms with Crippen molar-refractivity contribution in [3.63, 3.8) is 0 Å². The largest absolute Gasteiger partial charge is 0.300 e. The zero-order chi connectivity index (χ0) is 8.81. The number of rotatable bonds is 4. The van der Waals surface area contributed by atoms with Crippen LogP contribution in [0.15, 0.2) is 0 Å². The molecule has 1 nitrogen and oxygen atoms in total. The first kappa shape index (κ1) is 9.76. The van der Waals surface area contributed by atoms with Gasteiger partial charge in [-0.2, -0.15) is 0 Å². The minimum Gasteiger partial charge on any atom is -0.300 e. The molecule has 0 amide bonds. The Kier molecular flexibility index (Phi) is 4.34. The van der Waals surface area contributed by atoms with Crippen LogP contribution in [-0.4, -0.2) is 5.78 Å². The minimum atomic E-state index is 0.503. The van der Waals surface area contributed by atoms with E-state index in [1.807, 2.05) is 0 Å². The van der Waals surface area contributed by atoms with Gasteiger partial charge in [0.1, 0.15) is 5.78 Å². The number of hydrogen-bond acceptors (Lipinski definition) is 1. The van der Waals surface area contributed by atoms with Crippen LogP contribution in [0.1, 0.15) is 58.3 Å². The van der Waals surface area contributed by atoms with Gasteiger partial charge in [-0.1, -0.05) is 32.6 Å². The average Bonchev–Trinajstić information content (AvgIpc) is 2.05. The first-order valence-corrected chi connectivity index (χ1v) is 5.34. The van der Waals surface area contributed by atoms with Gasteiger partial charge >= 0.3 is 0 Å². The molecular formula is C11H20O. The molecule has 0 N–H and O–H groups in total. The van der Waals surface area contributed by atoms with Gasteiger partial charge in [-0.25, -0.2) is 0 Å². The number of hydrogen-bond donors (Lipinski definition) is 0. The van der Waals surface area contributed by atoms with Gasteiger partial charge in [-0.05, 0) is 18.8 Å². The summed E-state index contributed by atoms with van der Waals surface area (Å²) in [6, 6.07) is 0. The van der Waals surface area contributed by atoms with Crippen molar-refractivity contribution in [3.8, 4) is 0 Å². The van der Waals surface area contributed by atoms with E-state index in [4.69, 9.17) is 0 Å². The molecule has 12 heavy (non-hydrogen) atoms. The quantitative estimate of drug-likeness (QED) is 0.588. The lowest BCUT2D eigenvalue weighted by Crippen LogP contribution is -2.14. The van der Waals surface area contributed by atoms with Crippen molar-refractivity contribution in [3.05, 3.63) is 0 Å². The third-order valence-electron chi connectivity index (χ3n) is 2.80. The Balaban J connectivity index is 2.10. The molecule has 1 atom stereocenters. The molecule has 0 aromatic heterocycles. The predicted octanol–water partition coefficient (Wildman–Crippen LogP) is 3.33. The van der Waals surface area contributed by atoms with E-state index in [-0.39, 0.29) is 0 Å². The third kappa shape index (κ3) is 3.38. The summed E-state index contributed by atoms with van der Waals surface area (Å²) in [5.74, 6) is 1.24. The molecule has 70 valence electrons. The van der Waals surface area contributed by atoms with E-state index in [2.05, 4.69) is 6.92 Å².